The fourth-order valence-electron chi connectivity index (χ4n) is 3.51. The summed E-state index contributed by atoms with van der Waals surface area (Å²) in [4.78, 5) is 4.93. The summed E-state index contributed by atoms with van der Waals surface area (Å²) < 4.78 is 8.14. The summed E-state index contributed by atoms with van der Waals surface area (Å²) in [5.41, 5.74) is 5.71. The van der Waals surface area contributed by atoms with Gasteiger partial charge in [-0.15, -0.1) is 0 Å². The first-order chi connectivity index (χ1) is 11.8. The van der Waals surface area contributed by atoms with Gasteiger partial charge < -0.3 is 8.98 Å². The molecule has 3 heterocycles. The Hall–Kier alpha value is -3.07. The molecule has 0 atom stereocenters. The molecule has 3 nitrogen and oxygen atoms in total. The summed E-state index contributed by atoms with van der Waals surface area (Å²) in [5, 5.41) is 2.21. The minimum absolute atomic E-state index is 0.661. The predicted molar refractivity (Wildman–Crippen MR) is 96.1 cm³/mol. The van der Waals surface area contributed by atoms with Crippen molar-refractivity contribution in [2.45, 2.75) is 13.5 Å². The fourth-order valence-corrected chi connectivity index (χ4v) is 3.51. The van der Waals surface area contributed by atoms with Crippen LogP contribution in [0.15, 0.2) is 76.5 Å². The number of fused-ring (bicyclic) bond motifs is 4. The standard InChI is InChI=1S/C21H16N2O/c1-14-6-4-9-18-17(14)12-22-20(19-10-5-11-23(18)19)21-16-8-3-2-7-15(16)13-24-21/h2-11,13H,12H2,1H3. The van der Waals surface area contributed by atoms with Crippen LogP contribution >= 0.6 is 0 Å². The highest BCUT2D eigenvalue weighted by molar-refractivity contribution is 6.17. The molecule has 116 valence electrons. The van der Waals surface area contributed by atoms with E-state index in [0.717, 1.165) is 27.9 Å². The summed E-state index contributed by atoms with van der Waals surface area (Å²) in [6.07, 6.45) is 3.91. The molecule has 0 aliphatic carbocycles. The molecular weight excluding hydrogens is 296 g/mol. The monoisotopic (exact) mass is 312 g/mol. The van der Waals surface area contributed by atoms with E-state index >= 15 is 0 Å². The van der Waals surface area contributed by atoms with Crippen LogP contribution < -0.4 is 0 Å². The van der Waals surface area contributed by atoms with Crippen molar-refractivity contribution < 1.29 is 4.42 Å². The van der Waals surface area contributed by atoms with Gasteiger partial charge in [0.1, 0.15) is 5.71 Å². The molecule has 0 radical (unpaired) electrons. The maximum atomic E-state index is 5.92. The molecule has 0 bridgehead atoms. The van der Waals surface area contributed by atoms with Gasteiger partial charge in [0, 0.05) is 22.5 Å². The first-order valence-electron chi connectivity index (χ1n) is 8.10. The minimum Gasteiger partial charge on any atom is -0.461 e. The summed E-state index contributed by atoms with van der Waals surface area (Å²) in [6.45, 7) is 2.80. The van der Waals surface area contributed by atoms with Crippen LogP contribution in [-0.4, -0.2) is 10.3 Å². The van der Waals surface area contributed by atoms with Gasteiger partial charge in [-0.2, -0.15) is 0 Å². The quantitative estimate of drug-likeness (QED) is 0.492. The topological polar surface area (TPSA) is 30.4 Å². The van der Waals surface area contributed by atoms with Crippen LogP contribution in [-0.2, 0) is 6.54 Å². The average molecular weight is 312 g/mol. The lowest BCUT2D eigenvalue weighted by Crippen LogP contribution is -2.07. The molecule has 5 rings (SSSR count). The Bertz CT molecular complexity index is 1100. The van der Waals surface area contributed by atoms with Crippen LogP contribution in [0.2, 0.25) is 0 Å². The number of aryl methyl sites for hydroxylation is 1. The zero-order valence-corrected chi connectivity index (χ0v) is 13.4. The van der Waals surface area contributed by atoms with Crippen LogP contribution in [0, 0.1) is 6.92 Å². The van der Waals surface area contributed by atoms with E-state index < -0.39 is 0 Å². The molecule has 0 saturated carbocycles. The number of benzene rings is 2. The third kappa shape index (κ3) is 1.81. The van der Waals surface area contributed by atoms with Crippen molar-refractivity contribution in [2.24, 2.45) is 4.99 Å². The molecular formula is C21H16N2O. The van der Waals surface area contributed by atoms with Gasteiger partial charge >= 0.3 is 0 Å². The fraction of sp³-hybridized carbons (Fsp3) is 0.0952. The number of aliphatic imine (C=N–C) groups is 1. The Morgan fingerprint density at radius 1 is 1.00 bits per heavy atom. The summed E-state index contributed by atoms with van der Waals surface area (Å²) in [7, 11) is 0. The Morgan fingerprint density at radius 2 is 1.92 bits per heavy atom. The zero-order valence-electron chi connectivity index (χ0n) is 13.4. The van der Waals surface area contributed by atoms with E-state index in [1.807, 2.05) is 18.4 Å². The van der Waals surface area contributed by atoms with Crippen LogP contribution in [0.4, 0.5) is 0 Å². The third-order valence-corrected chi connectivity index (χ3v) is 4.76. The number of hydrogen-bond acceptors (Lipinski definition) is 2. The van der Waals surface area contributed by atoms with Crippen LogP contribution in [0.3, 0.4) is 0 Å². The van der Waals surface area contributed by atoms with Gasteiger partial charge in [0.15, 0.2) is 5.76 Å². The molecule has 0 amide bonds. The average Bonchev–Trinajstić information content (AvgIpc) is 3.21. The molecule has 0 fully saturated rings. The molecule has 4 aromatic rings. The van der Waals surface area contributed by atoms with Crippen LogP contribution in [0.5, 0.6) is 0 Å². The molecule has 24 heavy (non-hydrogen) atoms. The molecule has 1 aliphatic heterocycles. The maximum Gasteiger partial charge on any atom is 0.161 e. The van der Waals surface area contributed by atoms with Crippen molar-refractivity contribution >= 4 is 16.5 Å². The number of nitrogens with zero attached hydrogens (tertiary/aromatic N) is 2. The largest absolute Gasteiger partial charge is 0.461 e. The number of rotatable bonds is 1. The summed E-state index contributed by atoms with van der Waals surface area (Å²) in [5.74, 6) is 0.844. The predicted octanol–water partition coefficient (Wildman–Crippen LogP) is 4.88. The third-order valence-electron chi connectivity index (χ3n) is 4.76. The second-order valence-corrected chi connectivity index (χ2v) is 6.15. The Kier molecular flexibility index (Phi) is 2.77. The van der Waals surface area contributed by atoms with Crippen molar-refractivity contribution in [2.75, 3.05) is 0 Å². The molecule has 0 unspecified atom stereocenters. The Labute approximate surface area is 139 Å². The first-order valence-corrected chi connectivity index (χ1v) is 8.10. The lowest BCUT2D eigenvalue weighted by atomic mass is 10.1. The lowest BCUT2D eigenvalue weighted by molar-refractivity contribution is 0.562. The van der Waals surface area contributed by atoms with E-state index in [2.05, 4.69) is 60.2 Å². The van der Waals surface area contributed by atoms with Crippen molar-refractivity contribution in [3.8, 4) is 5.69 Å². The van der Waals surface area contributed by atoms with Crippen molar-refractivity contribution in [3.63, 3.8) is 0 Å². The Morgan fingerprint density at radius 3 is 2.88 bits per heavy atom. The summed E-state index contributed by atoms with van der Waals surface area (Å²) >= 11 is 0. The van der Waals surface area contributed by atoms with Gasteiger partial charge in [0.2, 0.25) is 0 Å². The van der Waals surface area contributed by atoms with Crippen LogP contribution in [0.1, 0.15) is 22.6 Å². The highest BCUT2D eigenvalue weighted by atomic mass is 16.3. The Balaban J connectivity index is 1.79. The minimum atomic E-state index is 0.661. The molecule has 3 heteroatoms. The maximum absolute atomic E-state index is 5.92. The van der Waals surface area contributed by atoms with E-state index in [1.54, 1.807) is 0 Å². The first kappa shape index (κ1) is 13.4. The molecule has 0 saturated heterocycles. The van der Waals surface area contributed by atoms with Gasteiger partial charge in [-0.1, -0.05) is 36.4 Å². The van der Waals surface area contributed by atoms with E-state index in [1.165, 1.54) is 16.8 Å². The zero-order chi connectivity index (χ0) is 16.1. The number of aromatic nitrogens is 1. The van der Waals surface area contributed by atoms with Gasteiger partial charge in [-0.3, -0.25) is 4.99 Å². The molecule has 0 N–H and O–H groups in total. The number of hydrogen-bond donors (Lipinski definition) is 0. The van der Waals surface area contributed by atoms with E-state index in [-0.39, 0.29) is 0 Å². The van der Waals surface area contributed by atoms with E-state index in [0.29, 0.717) is 6.54 Å². The van der Waals surface area contributed by atoms with E-state index in [9.17, 15) is 0 Å². The normalized spacial score (nSPS) is 13.3. The van der Waals surface area contributed by atoms with Gasteiger partial charge in [0.05, 0.1) is 24.2 Å². The number of furan rings is 1. The van der Waals surface area contributed by atoms with Crippen molar-refractivity contribution in [1.82, 2.24) is 4.57 Å². The highest BCUT2D eigenvalue weighted by Gasteiger charge is 2.22. The molecule has 1 aliphatic rings. The second kappa shape index (κ2) is 4.96. The van der Waals surface area contributed by atoms with Crippen molar-refractivity contribution in [1.29, 1.82) is 0 Å². The molecule has 2 aromatic carbocycles. The molecule has 0 spiro atoms. The van der Waals surface area contributed by atoms with Gasteiger partial charge in [0.25, 0.3) is 0 Å². The van der Waals surface area contributed by atoms with Crippen LogP contribution in [0.25, 0.3) is 16.5 Å². The smallest absolute Gasteiger partial charge is 0.161 e. The van der Waals surface area contributed by atoms with Crippen molar-refractivity contribution in [3.05, 3.63) is 89.6 Å². The SMILES string of the molecule is Cc1cccc2c1CN=C(c1occ3ccccc13)c1cccn1-2. The lowest BCUT2D eigenvalue weighted by Gasteiger charge is -2.11. The van der Waals surface area contributed by atoms with E-state index in [4.69, 9.17) is 9.41 Å². The highest BCUT2D eigenvalue weighted by Crippen LogP contribution is 2.30. The molecule has 2 aromatic heterocycles. The van der Waals surface area contributed by atoms with Gasteiger partial charge in [-0.25, -0.2) is 0 Å². The van der Waals surface area contributed by atoms with Gasteiger partial charge in [-0.05, 0) is 30.7 Å². The summed E-state index contributed by atoms with van der Waals surface area (Å²) in [6, 6.07) is 18.8. The second-order valence-electron chi connectivity index (χ2n) is 6.15.